The van der Waals surface area contributed by atoms with Gasteiger partial charge in [-0.1, -0.05) is 12.2 Å². The molecular weight excluding hydrogens is 236 g/mol. The fourth-order valence-corrected chi connectivity index (χ4v) is 2.56. The lowest BCUT2D eigenvalue weighted by Gasteiger charge is -2.26. The average molecular weight is 256 g/mol. The third kappa shape index (κ3) is 3.09. The summed E-state index contributed by atoms with van der Waals surface area (Å²) in [6.07, 6.45) is 2.63. The molecule has 5 heteroatoms. The van der Waals surface area contributed by atoms with E-state index in [1.54, 1.807) is 0 Å². The number of hydrogen-bond donors (Lipinski definition) is 2. The lowest BCUT2D eigenvalue weighted by molar-refractivity contribution is 0.0478. The Morgan fingerprint density at radius 1 is 1.53 bits per heavy atom. The van der Waals surface area contributed by atoms with Gasteiger partial charge in [0.15, 0.2) is 0 Å². The molecular formula is C12H20N2O2S. The van der Waals surface area contributed by atoms with Gasteiger partial charge in [-0.25, -0.2) is 4.79 Å². The quantitative estimate of drug-likeness (QED) is 0.742. The second-order valence-corrected chi connectivity index (χ2v) is 6.48. The second-order valence-electron chi connectivity index (χ2n) is 5.99. The van der Waals surface area contributed by atoms with Crippen LogP contribution in [0.25, 0.3) is 0 Å². The van der Waals surface area contributed by atoms with E-state index >= 15 is 0 Å². The van der Waals surface area contributed by atoms with E-state index in [1.165, 1.54) is 0 Å². The van der Waals surface area contributed by atoms with Crippen LogP contribution >= 0.6 is 12.2 Å². The van der Waals surface area contributed by atoms with Gasteiger partial charge < -0.3 is 15.4 Å². The number of nitrogens with one attached hydrogen (secondary N) is 2. The molecule has 1 saturated heterocycles. The van der Waals surface area contributed by atoms with Crippen LogP contribution in [0.4, 0.5) is 4.79 Å². The summed E-state index contributed by atoms with van der Waals surface area (Å²) in [4.78, 5) is 12.7. The number of rotatable bonds is 2. The first-order valence-corrected chi connectivity index (χ1v) is 6.49. The maximum absolute atomic E-state index is 11.8. The first-order valence-electron chi connectivity index (χ1n) is 6.09. The summed E-state index contributed by atoms with van der Waals surface area (Å²) < 4.78 is 5.30. The molecule has 17 heavy (non-hydrogen) atoms. The van der Waals surface area contributed by atoms with E-state index in [9.17, 15) is 4.79 Å². The smallest absolute Gasteiger partial charge is 0.408 e. The van der Waals surface area contributed by atoms with Gasteiger partial charge in [-0.3, -0.25) is 0 Å². The maximum Gasteiger partial charge on any atom is 0.408 e. The Labute approximate surface area is 107 Å². The van der Waals surface area contributed by atoms with Crippen LogP contribution in [0.3, 0.4) is 0 Å². The molecule has 0 radical (unpaired) electrons. The molecule has 2 rings (SSSR count). The fraction of sp³-hybridized carbons (Fsp3) is 0.833. The van der Waals surface area contributed by atoms with E-state index in [1.807, 2.05) is 20.8 Å². The first-order chi connectivity index (χ1) is 7.81. The van der Waals surface area contributed by atoms with Gasteiger partial charge >= 0.3 is 6.09 Å². The molecule has 0 spiro atoms. The summed E-state index contributed by atoms with van der Waals surface area (Å²) in [5.74, 6) is 0.419. The van der Waals surface area contributed by atoms with Gasteiger partial charge in [0.25, 0.3) is 0 Å². The third-order valence-corrected chi connectivity index (χ3v) is 3.61. The minimum absolute atomic E-state index is 0.0735. The minimum Gasteiger partial charge on any atom is -0.444 e. The predicted octanol–water partition coefficient (Wildman–Crippen LogP) is 1.98. The van der Waals surface area contributed by atoms with Crippen molar-refractivity contribution in [1.29, 1.82) is 0 Å². The zero-order valence-corrected chi connectivity index (χ0v) is 11.4. The molecule has 2 aliphatic rings. The number of carbonyl (C=O) groups is 1. The molecule has 1 aliphatic heterocycles. The van der Waals surface area contributed by atoms with Crippen molar-refractivity contribution in [3.8, 4) is 0 Å². The molecule has 1 unspecified atom stereocenters. The van der Waals surface area contributed by atoms with Crippen LogP contribution in [0, 0.1) is 5.92 Å². The van der Waals surface area contributed by atoms with Crippen LogP contribution in [0.5, 0.6) is 0 Å². The third-order valence-electron chi connectivity index (χ3n) is 3.30. The minimum atomic E-state index is -0.441. The summed E-state index contributed by atoms with van der Waals surface area (Å²) in [5, 5.41) is 6.20. The van der Waals surface area contributed by atoms with Gasteiger partial charge in [0.2, 0.25) is 0 Å². The molecule has 96 valence electrons. The Morgan fingerprint density at radius 2 is 2.18 bits per heavy atom. The monoisotopic (exact) mass is 256 g/mol. The SMILES string of the molecule is CC(C)(C)OC(=O)NC1(C2CNC(=S)C2)CC1. The van der Waals surface area contributed by atoms with E-state index < -0.39 is 5.60 Å². The van der Waals surface area contributed by atoms with Crippen LogP contribution in [0.1, 0.15) is 40.0 Å². The number of alkyl carbamates (subject to hydrolysis) is 1. The molecule has 2 fully saturated rings. The lowest BCUT2D eigenvalue weighted by Crippen LogP contribution is -2.45. The van der Waals surface area contributed by atoms with Crippen molar-refractivity contribution < 1.29 is 9.53 Å². The zero-order valence-electron chi connectivity index (χ0n) is 10.6. The zero-order chi connectivity index (χ0) is 12.7. The fourth-order valence-electron chi connectivity index (χ4n) is 2.27. The molecule has 4 nitrogen and oxygen atoms in total. The van der Waals surface area contributed by atoms with Crippen molar-refractivity contribution in [2.24, 2.45) is 5.92 Å². The number of carbonyl (C=O) groups excluding carboxylic acids is 1. The predicted molar refractivity (Wildman–Crippen MR) is 70.0 cm³/mol. The topological polar surface area (TPSA) is 50.4 Å². The highest BCUT2D eigenvalue weighted by atomic mass is 32.1. The number of thiocarbonyl (C=S) groups is 1. The standard InChI is InChI=1S/C12H20N2O2S/c1-11(2,3)16-10(15)14-12(4-5-12)8-6-9(17)13-7-8/h8H,4-7H2,1-3H3,(H,13,17)(H,14,15). The van der Waals surface area contributed by atoms with Crippen LogP contribution < -0.4 is 10.6 Å². The lowest BCUT2D eigenvalue weighted by atomic mass is 9.96. The second kappa shape index (κ2) is 4.12. The van der Waals surface area contributed by atoms with Gasteiger partial charge in [-0.05, 0) is 33.6 Å². The average Bonchev–Trinajstić information content (AvgIpc) is 2.77. The van der Waals surface area contributed by atoms with Gasteiger partial charge in [0, 0.05) is 24.4 Å². The number of hydrogen-bond acceptors (Lipinski definition) is 3. The Kier molecular flexibility index (Phi) is 3.06. The van der Waals surface area contributed by atoms with Gasteiger partial charge in [-0.2, -0.15) is 0 Å². The van der Waals surface area contributed by atoms with Crippen molar-refractivity contribution in [1.82, 2.24) is 10.6 Å². The van der Waals surface area contributed by atoms with E-state index in [-0.39, 0.29) is 11.6 Å². The highest BCUT2D eigenvalue weighted by Crippen LogP contribution is 2.45. The molecule has 0 aromatic carbocycles. The Bertz CT molecular complexity index is 345. The molecule has 0 bridgehead atoms. The Morgan fingerprint density at radius 3 is 2.59 bits per heavy atom. The molecule has 1 atom stereocenters. The number of ether oxygens (including phenoxy) is 1. The molecule has 1 amide bonds. The van der Waals surface area contributed by atoms with Crippen molar-refractivity contribution in [3.63, 3.8) is 0 Å². The van der Waals surface area contributed by atoms with Crippen LogP contribution in [0.15, 0.2) is 0 Å². The Balaban J connectivity index is 1.90. The van der Waals surface area contributed by atoms with Crippen LogP contribution in [-0.4, -0.2) is 28.8 Å². The van der Waals surface area contributed by atoms with E-state index in [4.69, 9.17) is 17.0 Å². The largest absolute Gasteiger partial charge is 0.444 e. The maximum atomic E-state index is 11.8. The van der Waals surface area contributed by atoms with Gasteiger partial charge in [0.05, 0.1) is 4.99 Å². The number of amides is 1. The first kappa shape index (κ1) is 12.6. The van der Waals surface area contributed by atoms with Crippen molar-refractivity contribution in [2.45, 2.75) is 51.2 Å². The molecule has 1 saturated carbocycles. The summed E-state index contributed by atoms with van der Waals surface area (Å²) in [7, 11) is 0. The Hall–Kier alpha value is -0.840. The van der Waals surface area contributed by atoms with E-state index in [2.05, 4.69) is 10.6 Å². The van der Waals surface area contributed by atoms with Crippen molar-refractivity contribution >= 4 is 23.3 Å². The van der Waals surface area contributed by atoms with Crippen LogP contribution in [0.2, 0.25) is 0 Å². The van der Waals surface area contributed by atoms with Crippen LogP contribution in [-0.2, 0) is 4.74 Å². The van der Waals surface area contributed by atoms with Crippen molar-refractivity contribution in [3.05, 3.63) is 0 Å². The van der Waals surface area contributed by atoms with E-state index in [0.29, 0.717) is 5.92 Å². The van der Waals surface area contributed by atoms with Gasteiger partial charge in [-0.15, -0.1) is 0 Å². The molecule has 1 heterocycles. The summed E-state index contributed by atoms with van der Waals surface area (Å²) in [6, 6.07) is 0. The van der Waals surface area contributed by atoms with Crippen molar-refractivity contribution in [2.75, 3.05) is 6.54 Å². The molecule has 1 aliphatic carbocycles. The summed E-state index contributed by atoms with van der Waals surface area (Å²) in [6.45, 7) is 6.49. The normalized spacial score (nSPS) is 26.3. The molecule has 0 aromatic rings. The highest BCUT2D eigenvalue weighted by molar-refractivity contribution is 7.80. The molecule has 0 aromatic heterocycles. The highest BCUT2D eigenvalue weighted by Gasteiger charge is 2.52. The summed E-state index contributed by atoms with van der Waals surface area (Å²) >= 11 is 5.14. The van der Waals surface area contributed by atoms with Gasteiger partial charge in [0.1, 0.15) is 5.60 Å². The summed E-state index contributed by atoms with van der Waals surface area (Å²) in [5.41, 5.74) is -0.515. The molecule has 2 N–H and O–H groups in total. The van der Waals surface area contributed by atoms with E-state index in [0.717, 1.165) is 30.8 Å².